The highest BCUT2D eigenvalue weighted by Crippen LogP contribution is 2.45. The average molecular weight is 493 g/mol. The average Bonchev–Trinajstić information content (AvgIpc) is 3.04. The zero-order chi connectivity index (χ0) is 26.1. The van der Waals surface area contributed by atoms with Gasteiger partial charge in [-0.25, -0.2) is 0 Å². The van der Waals surface area contributed by atoms with Gasteiger partial charge in [0.2, 0.25) is 0 Å². The number of benzene rings is 3. The molecule has 1 aliphatic carbocycles. The minimum Gasteiger partial charge on any atom is -0.0629 e. The monoisotopic (exact) mass is 492 g/mol. The first-order valence-electron chi connectivity index (χ1n) is 13.8. The Kier molecular flexibility index (Phi) is 7.90. The summed E-state index contributed by atoms with van der Waals surface area (Å²) >= 11 is 0. The first-order chi connectivity index (χ1) is 17.1. The summed E-state index contributed by atoms with van der Waals surface area (Å²) < 4.78 is 0. The van der Waals surface area contributed by atoms with Crippen LogP contribution in [-0.2, 0) is 12.8 Å². The number of hydrogen-bond acceptors (Lipinski definition) is 0. The van der Waals surface area contributed by atoms with Crippen LogP contribution in [-0.4, -0.2) is 8.80 Å². The highest BCUT2D eigenvalue weighted by Gasteiger charge is 2.32. The molecule has 4 rings (SSSR count). The molecule has 0 amide bonds. The Morgan fingerprint density at radius 3 is 1.42 bits per heavy atom. The van der Waals surface area contributed by atoms with Crippen molar-refractivity contribution in [1.29, 1.82) is 0 Å². The Hall–Kier alpha value is -2.64. The summed E-state index contributed by atoms with van der Waals surface area (Å²) in [5.41, 5.74) is 16.1. The lowest BCUT2D eigenvalue weighted by Gasteiger charge is -2.26. The summed E-state index contributed by atoms with van der Waals surface area (Å²) in [4.78, 5) is 0. The molecule has 0 bridgehead atoms. The third-order valence-electron chi connectivity index (χ3n) is 8.37. The third kappa shape index (κ3) is 5.37. The van der Waals surface area contributed by atoms with Crippen LogP contribution in [0.1, 0.15) is 73.6 Å². The molecule has 188 valence electrons. The zero-order valence-corrected chi connectivity index (χ0v) is 25.1. The topological polar surface area (TPSA) is 0 Å². The van der Waals surface area contributed by atoms with Crippen LogP contribution in [0.25, 0.3) is 5.57 Å². The van der Waals surface area contributed by atoms with Crippen LogP contribution in [0.15, 0.2) is 71.3 Å². The minimum atomic E-state index is -1.48. The summed E-state index contributed by atoms with van der Waals surface area (Å²) in [6.45, 7) is 20.7. The van der Waals surface area contributed by atoms with Crippen molar-refractivity contribution in [3.63, 3.8) is 0 Å². The smallest absolute Gasteiger partial charge is 0.0629 e. The van der Waals surface area contributed by atoms with Gasteiger partial charge in [-0.15, -0.1) is 0 Å². The molecular formula is C35H44Si. The van der Waals surface area contributed by atoms with Crippen LogP contribution < -0.4 is 10.4 Å². The van der Waals surface area contributed by atoms with E-state index in [1.54, 1.807) is 21.5 Å². The Labute approximate surface area is 221 Å². The number of allylic oxidation sites excluding steroid dienone is 4. The lowest BCUT2D eigenvalue weighted by molar-refractivity contribution is 0.883. The van der Waals surface area contributed by atoms with E-state index in [4.69, 9.17) is 0 Å². The van der Waals surface area contributed by atoms with Crippen molar-refractivity contribution in [2.75, 3.05) is 0 Å². The maximum Gasteiger partial charge on any atom is 0.104 e. The Morgan fingerprint density at radius 2 is 1.00 bits per heavy atom. The first-order valence-corrected chi connectivity index (χ1v) is 15.8. The number of aryl methyl sites for hydroxylation is 6. The fraction of sp³-hybridized carbons (Fsp3) is 0.371. The molecule has 0 aromatic heterocycles. The summed E-state index contributed by atoms with van der Waals surface area (Å²) in [5, 5.41) is 3.17. The van der Waals surface area contributed by atoms with Crippen LogP contribution in [0.2, 0.25) is 6.04 Å². The first kappa shape index (κ1) is 26.4. The molecule has 0 fully saturated rings. The van der Waals surface area contributed by atoms with Crippen LogP contribution in [0.3, 0.4) is 0 Å². The van der Waals surface area contributed by atoms with Crippen molar-refractivity contribution < 1.29 is 0 Å². The molecule has 1 aliphatic rings. The molecular weight excluding hydrogens is 448 g/mol. The zero-order valence-electron chi connectivity index (χ0n) is 24.0. The quantitative estimate of drug-likeness (QED) is 0.295. The summed E-state index contributed by atoms with van der Waals surface area (Å²) in [6, 6.07) is 23.1. The van der Waals surface area contributed by atoms with E-state index in [-0.39, 0.29) is 0 Å². The third-order valence-corrected chi connectivity index (χ3v) is 11.6. The van der Waals surface area contributed by atoms with Gasteiger partial charge in [0.15, 0.2) is 0 Å². The Balaban J connectivity index is 1.87. The molecule has 3 aromatic rings. The second-order valence-corrected chi connectivity index (χ2v) is 14.2. The minimum absolute atomic E-state index is 0.486. The van der Waals surface area contributed by atoms with Crippen molar-refractivity contribution in [1.82, 2.24) is 0 Å². The van der Waals surface area contributed by atoms with Crippen molar-refractivity contribution in [3.8, 4) is 0 Å². The fourth-order valence-electron chi connectivity index (χ4n) is 6.40. The van der Waals surface area contributed by atoms with Crippen LogP contribution in [0.5, 0.6) is 0 Å². The van der Waals surface area contributed by atoms with Crippen LogP contribution in [0.4, 0.5) is 0 Å². The standard InChI is InChI=1S/C35H44Si/c1-10-29-18-30(11-2)20-31(19-29)35-28(9)26(7)27(8)34(35)21-36(32-14-22(3)12-23(4)15-32)33-16-24(5)13-25(6)17-33/h12-20,34,36H,10-11,21H2,1-9H3. The highest BCUT2D eigenvalue weighted by molar-refractivity contribution is 6.85. The molecule has 1 atom stereocenters. The van der Waals surface area contributed by atoms with E-state index in [9.17, 15) is 0 Å². The lowest BCUT2D eigenvalue weighted by Crippen LogP contribution is -2.44. The molecule has 0 aliphatic heterocycles. The van der Waals surface area contributed by atoms with Crippen molar-refractivity contribution in [3.05, 3.63) is 110 Å². The Morgan fingerprint density at radius 1 is 0.556 bits per heavy atom. The predicted molar refractivity (Wildman–Crippen MR) is 163 cm³/mol. The second kappa shape index (κ2) is 10.8. The maximum atomic E-state index is 2.48. The van der Waals surface area contributed by atoms with E-state index < -0.39 is 8.80 Å². The SMILES string of the molecule is CCc1cc(CC)cc(C2=C(C)C(C)=C(C)C2C[SiH](c2cc(C)cc(C)c2)c2cc(C)cc(C)c2)c1. The predicted octanol–water partition coefficient (Wildman–Crippen LogP) is 7.83. The van der Waals surface area contributed by atoms with E-state index >= 15 is 0 Å². The summed E-state index contributed by atoms with van der Waals surface area (Å²) in [5.74, 6) is 0.486. The van der Waals surface area contributed by atoms with Crippen LogP contribution in [0, 0.1) is 33.6 Å². The molecule has 0 nitrogen and oxygen atoms in total. The van der Waals surface area contributed by atoms with E-state index in [0.717, 1.165) is 12.8 Å². The number of hydrogen-bond donors (Lipinski definition) is 0. The Bertz CT molecular complexity index is 1240. The molecule has 1 heteroatoms. The van der Waals surface area contributed by atoms with E-state index in [1.807, 2.05) is 0 Å². The van der Waals surface area contributed by atoms with Gasteiger partial charge in [-0.1, -0.05) is 107 Å². The van der Waals surface area contributed by atoms with Gasteiger partial charge in [0.1, 0.15) is 8.80 Å². The van der Waals surface area contributed by atoms with Gasteiger partial charge >= 0.3 is 0 Å². The van der Waals surface area contributed by atoms with Gasteiger partial charge in [0, 0.05) is 5.92 Å². The largest absolute Gasteiger partial charge is 0.104 e. The van der Waals surface area contributed by atoms with Gasteiger partial charge < -0.3 is 0 Å². The van der Waals surface area contributed by atoms with Gasteiger partial charge in [-0.2, -0.15) is 0 Å². The van der Waals surface area contributed by atoms with E-state index in [1.165, 1.54) is 56.1 Å². The molecule has 0 saturated carbocycles. The van der Waals surface area contributed by atoms with Gasteiger partial charge in [0.05, 0.1) is 0 Å². The van der Waals surface area contributed by atoms with Crippen molar-refractivity contribution >= 4 is 24.7 Å². The molecule has 0 radical (unpaired) electrons. The fourth-order valence-corrected chi connectivity index (χ4v) is 10.2. The second-order valence-electron chi connectivity index (χ2n) is 11.3. The van der Waals surface area contributed by atoms with Crippen molar-refractivity contribution in [2.24, 2.45) is 5.92 Å². The van der Waals surface area contributed by atoms with Gasteiger partial charge in [-0.05, 0) is 101 Å². The molecule has 36 heavy (non-hydrogen) atoms. The van der Waals surface area contributed by atoms with E-state index in [0.29, 0.717) is 5.92 Å². The molecule has 0 N–H and O–H groups in total. The normalized spacial score (nSPS) is 16.0. The van der Waals surface area contributed by atoms with Gasteiger partial charge in [0.25, 0.3) is 0 Å². The van der Waals surface area contributed by atoms with Crippen molar-refractivity contribution in [2.45, 2.75) is 81.2 Å². The molecule has 0 saturated heterocycles. The van der Waals surface area contributed by atoms with Crippen LogP contribution >= 0.6 is 0 Å². The molecule has 0 heterocycles. The molecule has 3 aromatic carbocycles. The summed E-state index contributed by atoms with van der Waals surface area (Å²) in [7, 11) is -1.48. The lowest BCUT2D eigenvalue weighted by atomic mass is 9.89. The molecule has 1 unspecified atom stereocenters. The van der Waals surface area contributed by atoms with Gasteiger partial charge in [-0.3, -0.25) is 0 Å². The summed E-state index contributed by atoms with van der Waals surface area (Å²) in [6.07, 6.45) is 2.18. The number of rotatable bonds is 7. The highest BCUT2D eigenvalue weighted by atomic mass is 28.3. The maximum absolute atomic E-state index is 2.48. The molecule has 0 spiro atoms. The van der Waals surface area contributed by atoms with E-state index in [2.05, 4.69) is 117 Å².